The Hall–Kier alpha value is 0.495. The molecule has 1 aliphatic rings. The third kappa shape index (κ3) is 1.46. The van der Waals surface area contributed by atoms with Crippen LogP contribution in [-0.4, -0.2) is 18.8 Å². The van der Waals surface area contributed by atoms with Gasteiger partial charge in [0.25, 0.3) is 0 Å². The number of hydrogen-bond acceptors (Lipinski definition) is 0. The van der Waals surface area contributed by atoms with Crippen LogP contribution in [0.2, 0.25) is 6.32 Å². The average molecular weight is 114 g/mol. The molecule has 40 valence electrons. The van der Waals surface area contributed by atoms with Gasteiger partial charge in [-0.1, -0.05) is 31.8 Å². The van der Waals surface area contributed by atoms with E-state index in [1.165, 1.54) is 21.3 Å². The topological polar surface area (TPSA) is 0 Å². The van der Waals surface area contributed by atoms with Gasteiger partial charge >= 0.3 is 0 Å². The molecule has 0 radical (unpaired) electrons. The Kier molecular flexibility index (Phi) is 2.19. The van der Waals surface area contributed by atoms with Crippen molar-refractivity contribution in [1.82, 2.24) is 0 Å². The SMILES string of the molecule is CCCB1CPC1. The molecule has 0 unspecified atom stereocenters. The maximum Gasteiger partial charge on any atom is 0.148 e. The van der Waals surface area contributed by atoms with Crippen molar-refractivity contribution in [1.29, 1.82) is 0 Å². The van der Waals surface area contributed by atoms with Crippen LogP contribution in [0.1, 0.15) is 13.3 Å². The highest BCUT2D eigenvalue weighted by atomic mass is 31.1. The molecular formula is C5H12BP. The second-order valence-corrected chi connectivity index (χ2v) is 3.63. The van der Waals surface area contributed by atoms with E-state index in [9.17, 15) is 0 Å². The van der Waals surface area contributed by atoms with Crippen LogP contribution in [0.25, 0.3) is 0 Å². The second-order valence-electron chi connectivity index (χ2n) is 2.31. The Balaban J connectivity index is 1.93. The van der Waals surface area contributed by atoms with Gasteiger partial charge in [-0.15, -0.1) is 8.58 Å². The first-order valence-electron chi connectivity index (χ1n) is 3.14. The van der Waals surface area contributed by atoms with Gasteiger partial charge < -0.3 is 0 Å². The smallest absolute Gasteiger partial charge is 0.137 e. The quantitative estimate of drug-likeness (QED) is 0.378. The monoisotopic (exact) mass is 114 g/mol. The molecule has 0 N–H and O–H groups in total. The zero-order valence-corrected chi connectivity index (χ0v) is 5.91. The molecule has 0 aromatic heterocycles. The molecule has 0 saturated carbocycles. The van der Waals surface area contributed by atoms with Crippen LogP contribution in [0.4, 0.5) is 0 Å². The van der Waals surface area contributed by atoms with Gasteiger partial charge in [0.05, 0.1) is 0 Å². The molecule has 7 heavy (non-hydrogen) atoms. The van der Waals surface area contributed by atoms with Gasteiger partial charge in [-0.05, 0) is 0 Å². The molecule has 0 atom stereocenters. The number of rotatable bonds is 2. The van der Waals surface area contributed by atoms with E-state index in [1.54, 1.807) is 12.1 Å². The lowest BCUT2D eigenvalue weighted by molar-refractivity contribution is 1.06. The van der Waals surface area contributed by atoms with Gasteiger partial charge in [0.15, 0.2) is 0 Å². The lowest BCUT2D eigenvalue weighted by atomic mass is 9.50. The molecule has 0 bridgehead atoms. The Labute approximate surface area is 47.9 Å². The van der Waals surface area contributed by atoms with Crippen molar-refractivity contribution in [3.8, 4) is 0 Å². The van der Waals surface area contributed by atoms with E-state index in [2.05, 4.69) is 6.92 Å². The van der Waals surface area contributed by atoms with E-state index < -0.39 is 0 Å². The molecule has 0 nitrogen and oxygen atoms in total. The van der Waals surface area contributed by atoms with Crippen molar-refractivity contribution in [2.24, 2.45) is 0 Å². The van der Waals surface area contributed by atoms with Crippen LogP contribution in [0.15, 0.2) is 0 Å². The van der Waals surface area contributed by atoms with Crippen molar-refractivity contribution >= 4 is 15.3 Å². The number of hydrogen-bond donors (Lipinski definition) is 0. The summed E-state index contributed by atoms with van der Waals surface area (Å²) >= 11 is 0. The third-order valence-electron chi connectivity index (χ3n) is 1.56. The third-order valence-corrected chi connectivity index (χ3v) is 3.29. The predicted molar refractivity (Wildman–Crippen MR) is 38.9 cm³/mol. The van der Waals surface area contributed by atoms with E-state index in [0.717, 1.165) is 6.71 Å². The van der Waals surface area contributed by atoms with E-state index in [0.29, 0.717) is 0 Å². The minimum atomic E-state index is 1.14. The van der Waals surface area contributed by atoms with E-state index in [1.807, 2.05) is 0 Å². The summed E-state index contributed by atoms with van der Waals surface area (Å²) in [5.74, 6) is 0. The first-order valence-corrected chi connectivity index (χ1v) is 4.55. The van der Waals surface area contributed by atoms with Crippen LogP contribution < -0.4 is 0 Å². The highest BCUT2D eigenvalue weighted by molar-refractivity contribution is 7.50. The normalized spacial score (nSPS) is 19.3. The molecule has 1 aliphatic heterocycles. The van der Waals surface area contributed by atoms with E-state index in [4.69, 9.17) is 0 Å². The zero-order chi connectivity index (χ0) is 5.11. The van der Waals surface area contributed by atoms with Crippen molar-refractivity contribution < 1.29 is 0 Å². The molecule has 0 amide bonds. The highest BCUT2D eigenvalue weighted by Crippen LogP contribution is 2.26. The van der Waals surface area contributed by atoms with Crippen LogP contribution in [0.3, 0.4) is 0 Å². The highest BCUT2D eigenvalue weighted by Gasteiger charge is 2.19. The van der Waals surface area contributed by atoms with Crippen LogP contribution in [-0.2, 0) is 0 Å². The maximum atomic E-state index is 2.28. The summed E-state index contributed by atoms with van der Waals surface area (Å²) in [5.41, 5.74) is 0. The average Bonchev–Trinajstić information content (AvgIpc) is 1.55. The van der Waals surface area contributed by atoms with Crippen molar-refractivity contribution in [2.45, 2.75) is 19.7 Å². The fourth-order valence-electron chi connectivity index (χ4n) is 0.961. The summed E-state index contributed by atoms with van der Waals surface area (Å²) in [6.07, 6.45) is 2.89. The van der Waals surface area contributed by atoms with Gasteiger partial charge in [-0.25, -0.2) is 0 Å². The van der Waals surface area contributed by atoms with Gasteiger partial charge in [0.2, 0.25) is 0 Å². The van der Waals surface area contributed by atoms with Gasteiger partial charge in [-0.2, -0.15) is 0 Å². The fraction of sp³-hybridized carbons (Fsp3) is 1.00. The standard InChI is InChI=1S/C5H12BP/c1-2-3-6-4-7-5-6/h7H,2-5H2,1H3. The van der Waals surface area contributed by atoms with Crippen molar-refractivity contribution in [3.63, 3.8) is 0 Å². The summed E-state index contributed by atoms with van der Waals surface area (Å²) < 4.78 is 0. The molecule has 2 heteroatoms. The van der Waals surface area contributed by atoms with Gasteiger partial charge in [-0.3, -0.25) is 0 Å². The molecule has 1 rings (SSSR count). The predicted octanol–water partition coefficient (Wildman–Crippen LogP) is 1.66. The molecule has 1 heterocycles. The van der Waals surface area contributed by atoms with Crippen molar-refractivity contribution in [3.05, 3.63) is 0 Å². The van der Waals surface area contributed by atoms with Gasteiger partial charge in [0.1, 0.15) is 6.71 Å². The summed E-state index contributed by atoms with van der Waals surface area (Å²) in [7, 11) is 1.31. The second kappa shape index (κ2) is 2.72. The molecule has 0 aromatic carbocycles. The molecule has 0 aliphatic carbocycles. The first kappa shape index (κ1) is 5.63. The minimum Gasteiger partial charge on any atom is -0.137 e. The minimum absolute atomic E-state index is 1.14. The molecule has 1 saturated heterocycles. The van der Waals surface area contributed by atoms with Gasteiger partial charge in [0, 0.05) is 0 Å². The largest absolute Gasteiger partial charge is 0.148 e. The Morgan fingerprint density at radius 2 is 2.29 bits per heavy atom. The van der Waals surface area contributed by atoms with Crippen LogP contribution >= 0.6 is 8.58 Å². The molecular weight excluding hydrogens is 102 g/mol. The van der Waals surface area contributed by atoms with Crippen LogP contribution in [0, 0.1) is 0 Å². The molecule has 0 aromatic rings. The Bertz CT molecular complexity index is 52.0. The molecule has 0 spiro atoms. The lowest BCUT2D eigenvalue weighted by Crippen LogP contribution is -2.27. The summed E-state index contributed by atoms with van der Waals surface area (Å²) in [6, 6.07) is 3.10. The summed E-state index contributed by atoms with van der Waals surface area (Å²) in [5, 5.41) is 0. The first-order chi connectivity index (χ1) is 3.43. The van der Waals surface area contributed by atoms with Crippen molar-refractivity contribution in [2.75, 3.05) is 12.1 Å². The molecule has 1 fully saturated rings. The zero-order valence-electron chi connectivity index (χ0n) is 4.91. The Morgan fingerprint density at radius 1 is 1.57 bits per heavy atom. The Morgan fingerprint density at radius 3 is 2.43 bits per heavy atom. The lowest BCUT2D eigenvalue weighted by Gasteiger charge is -2.20. The van der Waals surface area contributed by atoms with Crippen LogP contribution in [0.5, 0.6) is 0 Å². The summed E-state index contributed by atoms with van der Waals surface area (Å²) in [4.78, 5) is 0. The van der Waals surface area contributed by atoms with E-state index >= 15 is 0 Å². The van der Waals surface area contributed by atoms with E-state index in [-0.39, 0.29) is 0 Å². The summed E-state index contributed by atoms with van der Waals surface area (Å²) in [6.45, 7) is 3.42. The fourth-order valence-corrected chi connectivity index (χ4v) is 2.07. The maximum absolute atomic E-state index is 2.28.